The van der Waals surface area contributed by atoms with Crippen LogP contribution in [0.25, 0.3) is 66.6 Å². The molecule has 66 heavy (non-hydrogen) atoms. The summed E-state index contributed by atoms with van der Waals surface area (Å²) in [4.78, 5) is 51.8. The molecule has 2 saturated carbocycles. The van der Waals surface area contributed by atoms with Crippen LogP contribution in [0.2, 0.25) is 0 Å². The molecule has 4 atom stereocenters. The SMILES string of the molecule is Cc1cc(-c2cnn(C)c2)ncc1-c1cc2cc(NC(=O)[C@@H]3C[C@H]3CC#N)ncc2c(N)n1.Cc1cc(-c2cnn(C)c2)ncc1-c1cc2cc(NC(=O)[C@H]3C[C@@H]3CC#N)ncc2c(N)n1. The van der Waals surface area contributed by atoms with Crippen molar-refractivity contribution in [2.24, 2.45) is 37.8 Å². The van der Waals surface area contributed by atoms with Crippen molar-refractivity contribution in [3.05, 3.63) is 97.1 Å². The molecule has 18 heteroatoms. The molecule has 10 rings (SSSR count). The number of nitrogen functional groups attached to an aromatic ring is 2. The van der Waals surface area contributed by atoms with Gasteiger partial charge in [-0.2, -0.15) is 20.7 Å². The molecule has 0 spiro atoms. The Balaban J connectivity index is 0.000000166. The van der Waals surface area contributed by atoms with Crippen LogP contribution in [0.4, 0.5) is 23.3 Å². The third kappa shape index (κ3) is 8.93. The lowest BCUT2D eigenvalue weighted by Gasteiger charge is -2.11. The van der Waals surface area contributed by atoms with E-state index in [4.69, 9.17) is 22.0 Å². The highest BCUT2D eigenvalue weighted by molar-refractivity contribution is 6.00. The fourth-order valence-corrected chi connectivity index (χ4v) is 8.09. The summed E-state index contributed by atoms with van der Waals surface area (Å²) in [6.45, 7) is 4.01. The first-order valence-electron chi connectivity index (χ1n) is 21.3. The molecular formula is C48H44N16O2. The van der Waals surface area contributed by atoms with Crippen LogP contribution in [-0.4, -0.2) is 61.3 Å². The van der Waals surface area contributed by atoms with E-state index in [-0.39, 0.29) is 35.5 Å². The summed E-state index contributed by atoms with van der Waals surface area (Å²) < 4.78 is 3.48. The molecule has 2 aliphatic rings. The summed E-state index contributed by atoms with van der Waals surface area (Å²) in [6, 6.07) is 15.7. The second-order valence-corrected chi connectivity index (χ2v) is 16.8. The van der Waals surface area contributed by atoms with E-state index in [1.807, 2.05) is 64.6 Å². The molecule has 0 bridgehead atoms. The third-order valence-electron chi connectivity index (χ3n) is 12.0. The van der Waals surface area contributed by atoms with E-state index < -0.39 is 0 Å². The van der Waals surface area contributed by atoms with Gasteiger partial charge in [-0.25, -0.2) is 19.9 Å². The number of aromatic nitrogens is 10. The van der Waals surface area contributed by atoms with Gasteiger partial charge in [0.05, 0.1) is 47.3 Å². The average molecular weight is 877 g/mol. The summed E-state index contributed by atoms with van der Waals surface area (Å²) >= 11 is 0. The fraction of sp³-hybridized carbons (Fsp3) is 0.250. The molecule has 6 N–H and O–H groups in total. The molecule has 2 aliphatic carbocycles. The molecule has 2 fully saturated rings. The minimum absolute atomic E-state index is 0.101. The molecule has 8 heterocycles. The molecule has 8 aromatic rings. The van der Waals surface area contributed by atoms with E-state index in [0.29, 0.717) is 58.3 Å². The van der Waals surface area contributed by atoms with Crippen LogP contribution in [0.3, 0.4) is 0 Å². The Morgan fingerprint density at radius 1 is 0.621 bits per heavy atom. The Bertz CT molecular complexity index is 3090. The molecule has 0 aliphatic heterocycles. The highest BCUT2D eigenvalue weighted by Crippen LogP contribution is 2.43. The van der Waals surface area contributed by atoms with Crippen molar-refractivity contribution >= 4 is 56.6 Å². The Kier molecular flexibility index (Phi) is 11.3. The van der Waals surface area contributed by atoms with Gasteiger partial charge in [-0.3, -0.25) is 28.9 Å². The lowest BCUT2D eigenvalue weighted by molar-refractivity contribution is -0.118. The number of nitrogens with one attached hydrogen (secondary N) is 2. The standard InChI is InChI=1S/2C24H22N8O/c2*1-13-5-20(16-9-29-32(2)12-16)27-10-18(13)21-7-15-8-22(28-11-19(15)23(26)30-21)31-24(33)17-6-14(17)3-4-25/h2*5,7-12,14,17H,3,6H2,1-2H3,(H2,26,30)(H,28,31,33)/t2*14-,17-/m10/s1. The van der Waals surface area contributed by atoms with Crippen LogP contribution >= 0.6 is 0 Å². The van der Waals surface area contributed by atoms with E-state index in [2.05, 4.69) is 62.9 Å². The van der Waals surface area contributed by atoms with Gasteiger partial charge in [0.1, 0.15) is 23.3 Å². The van der Waals surface area contributed by atoms with Crippen LogP contribution in [-0.2, 0) is 23.7 Å². The third-order valence-corrected chi connectivity index (χ3v) is 12.0. The number of nitrogens with zero attached hydrogens (tertiary/aromatic N) is 12. The zero-order valence-electron chi connectivity index (χ0n) is 36.6. The van der Waals surface area contributed by atoms with Gasteiger partial charge in [0.25, 0.3) is 0 Å². The zero-order chi connectivity index (χ0) is 46.2. The van der Waals surface area contributed by atoms with E-state index >= 15 is 0 Å². The summed E-state index contributed by atoms with van der Waals surface area (Å²) in [7, 11) is 3.74. The van der Waals surface area contributed by atoms with Crippen LogP contribution in [0, 0.1) is 60.2 Å². The number of aryl methyl sites for hydroxylation is 4. The first-order valence-corrected chi connectivity index (χ1v) is 21.3. The van der Waals surface area contributed by atoms with Crippen molar-refractivity contribution in [3.63, 3.8) is 0 Å². The normalized spacial score (nSPS) is 17.0. The number of pyridine rings is 6. The first kappa shape index (κ1) is 42.7. The van der Waals surface area contributed by atoms with Gasteiger partial charge in [0.15, 0.2) is 0 Å². The van der Waals surface area contributed by atoms with Crippen LogP contribution in [0.15, 0.2) is 86.0 Å². The zero-order valence-corrected chi connectivity index (χ0v) is 36.6. The quantitative estimate of drug-likeness (QED) is 0.108. The van der Waals surface area contributed by atoms with Crippen LogP contribution in [0.5, 0.6) is 0 Å². The Morgan fingerprint density at radius 2 is 1.05 bits per heavy atom. The number of rotatable bonds is 10. The average Bonchev–Trinajstić information content (AvgIpc) is 4.15. The molecule has 2 amide bonds. The number of nitrogens with two attached hydrogens (primary N) is 2. The van der Waals surface area contributed by atoms with Crippen LogP contribution < -0.4 is 22.1 Å². The highest BCUT2D eigenvalue weighted by Gasteiger charge is 2.43. The van der Waals surface area contributed by atoms with Crippen molar-refractivity contribution in [2.75, 3.05) is 22.1 Å². The van der Waals surface area contributed by atoms with Gasteiger partial charge in [-0.15, -0.1) is 0 Å². The van der Waals surface area contributed by atoms with E-state index in [9.17, 15) is 9.59 Å². The van der Waals surface area contributed by atoms with Crippen molar-refractivity contribution in [2.45, 2.75) is 39.5 Å². The second-order valence-electron chi connectivity index (χ2n) is 16.8. The van der Waals surface area contributed by atoms with E-state index in [1.54, 1.807) is 58.7 Å². The summed E-state index contributed by atoms with van der Waals surface area (Å²) in [5, 5.41) is 34.8. The second kappa shape index (κ2) is 17.5. The number of carbonyl (C=O) groups excluding carboxylic acids is 2. The number of hydrogen-bond acceptors (Lipinski definition) is 14. The van der Waals surface area contributed by atoms with Gasteiger partial charge >= 0.3 is 0 Å². The lowest BCUT2D eigenvalue weighted by atomic mass is 10.0. The Morgan fingerprint density at radius 3 is 1.41 bits per heavy atom. The Labute approximate surface area is 378 Å². The van der Waals surface area contributed by atoms with Gasteiger partial charge < -0.3 is 22.1 Å². The van der Waals surface area contributed by atoms with Gasteiger partial charge in [-0.05, 0) is 96.8 Å². The summed E-state index contributed by atoms with van der Waals surface area (Å²) in [6.07, 6.45) is 16.5. The predicted octanol–water partition coefficient (Wildman–Crippen LogP) is 6.94. The summed E-state index contributed by atoms with van der Waals surface area (Å²) in [5.41, 5.74) is 21.2. The molecular weight excluding hydrogens is 833 g/mol. The number of carbonyl (C=O) groups is 2. The summed E-state index contributed by atoms with van der Waals surface area (Å²) in [5.74, 6) is 1.48. The molecule has 328 valence electrons. The predicted molar refractivity (Wildman–Crippen MR) is 249 cm³/mol. The van der Waals surface area contributed by atoms with Crippen LogP contribution in [0.1, 0.15) is 36.8 Å². The van der Waals surface area contributed by atoms with E-state index in [0.717, 1.165) is 68.4 Å². The first-order chi connectivity index (χ1) is 31.8. The molecule has 8 aromatic heterocycles. The largest absolute Gasteiger partial charge is 0.383 e. The maximum absolute atomic E-state index is 12.4. The van der Waals surface area contributed by atoms with Crippen molar-refractivity contribution in [1.29, 1.82) is 10.5 Å². The highest BCUT2D eigenvalue weighted by atomic mass is 16.2. The number of anilines is 4. The number of fused-ring (bicyclic) bond motifs is 2. The molecule has 0 aromatic carbocycles. The maximum Gasteiger partial charge on any atom is 0.228 e. The smallest absolute Gasteiger partial charge is 0.228 e. The van der Waals surface area contributed by atoms with Crippen molar-refractivity contribution in [1.82, 2.24) is 49.5 Å². The maximum atomic E-state index is 12.4. The molecule has 0 radical (unpaired) electrons. The minimum atomic E-state index is -0.118. The van der Waals surface area contributed by atoms with Crippen molar-refractivity contribution < 1.29 is 9.59 Å². The molecule has 0 saturated heterocycles. The monoisotopic (exact) mass is 876 g/mol. The fourth-order valence-electron chi connectivity index (χ4n) is 8.09. The number of amides is 2. The Hall–Kier alpha value is -8.64. The number of nitriles is 2. The van der Waals surface area contributed by atoms with Crippen molar-refractivity contribution in [3.8, 4) is 57.2 Å². The van der Waals surface area contributed by atoms with Gasteiger partial charge in [-0.1, -0.05) is 0 Å². The number of hydrogen-bond donors (Lipinski definition) is 4. The molecule has 18 nitrogen and oxygen atoms in total. The van der Waals surface area contributed by atoms with E-state index in [1.165, 1.54) is 0 Å². The minimum Gasteiger partial charge on any atom is -0.383 e. The van der Waals surface area contributed by atoms with Gasteiger partial charge in [0.2, 0.25) is 11.8 Å². The molecule has 0 unspecified atom stereocenters. The topological polar surface area (TPSA) is 271 Å². The van der Waals surface area contributed by atoms with Gasteiger partial charge in [0, 0.05) is 109 Å². The lowest BCUT2D eigenvalue weighted by Crippen LogP contribution is -2.15.